The van der Waals surface area contributed by atoms with Gasteiger partial charge in [-0.2, -0.15) is 0 Å². The van der Waals surface area contributed by atoms with Gasteiger partial charge in [-0.05, 0) is 64.2 Å². The number of carbonyl (C=O) groups excluding carboxylic acids is 2. The lowest BCUT2D eigenvalue weighted by Crippen LogP contribution is -2.37. The molecule has 78 heavy (non-hydrogen) atoms. The lowest BCUT2D eigenvalue weighted by Gasteiger charge is -2.28. The zero-order valence-electron chi connectivity index (χ0n) is 52.6. The Morgan fingerprint density at radius 1 is 0.385 bits per heavy atom. The number of phosphoric ester groups is 1. The fourth-order valence-corrected chi connectivity index (χ4v) is 10.9. The maximum Gasteiger partial charge on any atom is 0.306 e. The molecular weight excluding hydrogens is 990 g/mol. The van der Waals surface area contributed by atoms with Gasteiger partial charge < -0.3 is 27.9 Å². The standard InChI is InChI=1S/C68H132NO8P/c1-6-8-10-12-14-16-18-20-22-24-26-28-30-32-34-36-38-40-42-44-46-48-50-52-54-56-58-60-67(70)74-64-66(65-76-78(72,73)75-63-62-69(3,4)5)77-68(71)61-59-57-55-53-51-49-47-45-43-41-39-37-35-33-31-29-27-25-23-21-19-17-15-13-11-9-7-2/h24-27,66H,6-23,28-65H2,1-5H3/b26-24-,27-25-. The van der Waals surface area contributed by atoms with E-state index in [1.807, 2.05) is 21.1 Å². The highest BCUT2D eigenvalue weighted by atomic mass is 31.2. The molecule has 0 aromatic carbocycles. The second-order valence-corrected chi connectivity index (χ2v) is 25.9. The fourth-order valence-electron chi connectivity index (χ4n) is 10.2. The Kier molecular flexibility index (Phi) is 58.9. The summed E-state index contributed by atoms with van der Waals surface area (Å²) < 4.78 is 34.3. The number of rotatable bonds is 64. The molecule has 0 rings (SSSR count). The number of esters is 2. The van der Waals surface area contributed by atoms with Crippen molar-refractivity contribution in [3.05, 3.63) is 24.3 Å². The maximum atomic E-state index is 12.8. The first-order chi connectivity index (χ1) is 38.0. The molecular formula is C68H132NO8P. The van der Waals surface area contributed by atoms with E-state index < -0.39 is 26.5 Å². The number of carbonyl (C=O) groups is 2. The summed E-state index contributed by atoms with van der Waals surface area (Å²) in [6.45, 7) is 4.31. The van der Waals surface area contributed by atoms with Crippen LogP contribution in [0.2, 0.25) is 0 Å². The normalized spacial score (nSPS) is 13.3. The van der Waals surface area contributed by atoms with Gasteiger partial charge in [0.15, 0.2) is 6.10 Å². The lowest BCUT2D eigenvalue weighted by molar-refractivity contribution is -0.870. The summed E-state index contributed by atoms with van der Waals surface area (Å²) in [5, 5.41) is 0. The molecule has 2 unspecified atom stereocenters. The van der Waals surface area contributed by atoms with Gasteiger partial charge in [-0.3, -0.25) is 14.2 Å². The minimum Gasteiger partial charge on any atom is -0.756 e. The van der Waals surface area contributed by atoms with Crippen LogP contribution in [-0.2, 0) is 32.7 Å². The third kappa shape index (κ3) is 63.7. The van der Waals surface area contributed by atoms with Crippen molar-refractivity contribution in [1.29, 1.82) is 0 Å². The van der Waals surface area contributed by atoms with Crippen LogP contribution >= 0.6 is 7.82 Å². The maximum absolute atomic E-state index is 12.8. The van der Waals surface area contributed by atoms with Gasteiger partial charge in [-0.25, -0.2) is 0 Å². The molecule has 0 saturated heterocycles. The molecule has 2 atom stereocenters. The molecule has 10 heteroatoms. The van der Waals surface area contributed by atoms with Crippen molar-refractivity contribution in [2.75, 3.05) is 47.5 Å². The Morgan fingerprint density at radius 2 is 0.654 bits per heavy atom. The van der Waals surface area contributed by atoms with Gasteiger partial charge in [-0.15, -0.1) is 0 Å². The van der Waals surface area contributed by atoms with E-state index in [9.17, 15) is 19.0 Å². The molecule has 0 heterocycles. The Bertz CT molecular complexity index is 1370. The number of quaternary nitrogens is 1. The quantitative estimate of drug-likeness (QED) is 0.0195. The number of allylic oxidation sites excluding steroid dienone is 4. The van der Waals surface area contributed by atoms with Crippen molar-refractivity contribution in [3.8, 4) is 0 Å². The molecule has 0 fully saturated rings. The first-order valence-corrected chi connectivity index (χ1v) is 35.5. The van der Waals surface area contributed by atoms with E-state index in [0.717, 1.165) is 32.1 Å². The molecule has 0 aliphatic carbocycles. The molecule has 0 amide bonds. The Morgan fingerprint density at radius 3 is 0.949 bits per heavy atom. The molecule has 462 valence electrons. The molecule has 0 radical (unpaired) electrons. The zero-order chi connectivity index (χ0) is 57.0. The highest BCUT2D eigenvalue weighted by molar-refractivity contribution is 7.45. The number of likely N-dealkylation sites (N-methyl/N-ethyl adjacent to an activating group) is 1. The number of phosphoric acid groups is 1. The van der Waals surface area contributed by atoms with E-state index in [1.165, 1.54) is 283 Å². The van der Waals surface area contributed by atoms with Gasteiger partial charge in [0.1, 0.15) is 19.8 Å². The second-order valence-electron chi connectivity index (χ2n) is 24.5. The largest absolute Gasteiger partial charge is 0.756 e. The summed E-state index contributed by atoms with van der Waals surface area (Å²) in [7, 11) is 1.19. The van der Waals surface area contributed by atoms with E-state index >= 15 is 0 Å². The Balaban J connectivity index is 4.02. The van der Waals surface area contributed by atoms with Gasteiger partial charge in [0.05, 0.1) is 27.7 Å². The first-order valence-electron chi connectivity index (χ1n) is 34.0. The van der Waals surface area contributed by atoms with Gasteiger partial charge in [0, 0.05) is 12.8 Å². The van der Waals surface area contributed by atoms with Crippen LogP contribution in [0.5, 0.6) is 0 Å². The molecule has 0 aromatic heterocycles. The molecule has 0 saturated carbocycles. The van der Waals surface area contributed by atoms with Crippen LogP contribution in [0, 0.1) is 0 Å². The average molecular weight is 1120 g/mol. The van der Waals surface area contributed by atoms with E-state index in [2.05, 4.69) is 38.2 Å². The van der Waals surface area contributed by atoms with Crippen molar-refractivity contribution in [3.63, 3.8) is 0 Å². The van der Waals surface area contributed by atoms with Crippen molar-refractivity contribution >= 4 is 19.8 Å². The minimum atomic E-state index is -4.64. The second kappa shape index (κ2) is 60.1. The molecule has 0 aliphatic heterocycles. The highest BCUT2D eigenvalue weighted by Crippen LogP contribution is 2.38. The predicted octanol–water partition coefficient (Wildman–Crippen LogP) is 21.1. The van der Waals surface area contributed by atoms with Gasteiger partial charge in [-0.1, -0.05) is 295 Å². The number of hydrogen-bond acceptors (Lipinski definition) is 8. The summed E-state index contributed by atoms with van der Waals surface area (Å²) in [5.74, 6) is -0.812. The van der Waals surface area contributed by atoms with Crippen molar-refractivity contribution in [2.45, 2.75) is 354 Å². The van der Waals surface area contributed by atoms with Gasteiger partial charge >= 0.3 is 11.9 Å². The summed E-state index contributed by atoms with van der Waals surface area (Å²) >= 11 is 0. The SMILES string of the molecule is CCCCCCCCCC/C=C\CCCCCCCCCCCCCCCCCC(=O)OCC(COP(=O)([O-])OCC[N+](C)(C)C)OC(=O)CCCCCCCCCCCCCCCCC/C=C\CCCCCCCCCC. The smallest absolute Gasteiger partial charge is 0.306 e. The third-order valence-electron chi connectivity index (χ3n) is 15.4. The van der Waals surface area contributed by atoms with Crippen LogP contribution in [0.1, 0.15) is 348 Å². The summed E-state index contributed by atoms with van der Waals surface area (Å²) in [5.41, 5.74) is 0. The lowest BCUT2D eigenvalue weighted by atomic mass is 10.0. The predicted molar refractivity (Wildman–Crippen MR) is 333 cm³/mol. The minimum absolute atomic E-state index is 0.0275. The number of hydrogen-bond donors (Lipinski definition) is 0. The third-order valence-corrected chi connectivity index (χ3v) is 16.4. The average Bonchev–Trinajstić information content (AvgIpc) is 3.41. The molecule has 0 bridgehead atoms. The van der Waals surface area contributed by atoms with Crippen LogP contribution in [0.25, 0.3) is 0 Å². The van der Waals surface area contributed by atoms with Crippen LogP contribution in [-0.4, -0.2) is 70.0 Å². The van der Waals surface area contributed by atoms with Crippen LogP contribution < -0.4 is 4.89 Å². The van der Waals surface area contributed by atoms with E-state index in [1.54, 1.807) is 0 Å². The molecule has 9 nitrogen and oxygen atoms in total. The summed E-state index contributed by atoms with van der Waals surface area (Å²) in [6, 6.07) is 0. The topological polar surface area (TPSA) is 111 Å². The van der Waals surface area contributed by atoms with Crippen molar-refractivity contribution in [1.82, 2.24) is 0 Å². The summed E-state index contributed by atoms with van der Waals surface area (Å²) in [4.78, 5) is 38.0. The van der Waals surface area contributed by atoms with E-state index in [0.29, 0.717) is 17.4 Å². The highest BCUT2D eigenvalue weighted by Gasteiger charge is 2.22. The van der Waals surface area contributed by atoms with Crippen molar-refractivity contribution < 1.29 is 42.1 Å². The van der Waals surface area contributed by atoms with Crippen molar-refractivity contribution in [2.24, 2.45) is 0 Å². The molecule has 0 aliphatic rings. The molecule has 0 N–H and O–H groups in total. The fraction of sp³-hybridized carbons (Fsp3) is 0.912. The van der Waals surface area contributed by atoms with E-state index in [4.69, 9.17) is 18.5 Å². The van der Waals surface area contributed by atoms with Crippen LogP contribution in [0.4, 0.5) is 0 Å². The number of nitrogens with zero attached hydrogens (tertiary/aromatic N) is 1. The summed E-state index contributed by atoms with van der Waals surface area (Å²) in [6.07, 6.45) is 74.0. The number of unbranched alkanes of at least 4 members (excludes halogenated alkanes) is 46. The van der Waals surface area contributed by atoms with Crippen LogP contribution in [0.3, 0.4) is 0 Å². The Labute approximate surface area is 485 Å². The monoisotopic (exact) mass is 1120 g/mol. The zero-order valence-corrected chi connectivity index (χ0v) is 53.5. The molecule has 0 spiro atoms. The van der Waals surface area contributed by atoms with Crippen LogP contribution in [0.15, 0.2) is 24.3 Å². The first kappa shape index (κ1) is 76.5. The van der Waals surface area contributed by atoms with Gasteiger partial charge in [0.25, 0.3) is 7.82 Å². The number of ether oxygens (including phenoxy) is 2. The Hall–Kier alpha value is -1.51. The van der Waals surface area contributed by atoms with Gasteiger partial charge in [0.2, 0.25) is 0 Å². The van der Waals surface area contributed by atoms with E-state index in [-0.39, 0.29) is 32.0 Å². The molecule has 0 aromatic rings.